The van der Waals surface area contributed by atoms with Crippen molar-refractivity contribution in [2.45, 2.75) is 99.0 Å². The lowest BCUT2D eigenvalue weighted by Crippen LogP contribution is -2.66. The van der Waals surface area contributed by atoms with Crippen LogP contribution in [0.1, 0.15) is 6.92 Å². The average molecular weight is 488 g/mol. The highest BCUT2D eigenvalue weighted by molar-refractivity contribution is 4.96. The molecule has 3 aliphatic rings. The van der Waals surface area contributed by atoms with Crippen molar-refractivity contribution in [3.05, 3.63) is 0 Å². The van der Waals surface area contributed by atoms with Gasteiger partial charge in [-0.15, -0.1) is 0 Å². The maximum absolute atomic E-state index is 10.7. The molecule has 194 valence electrons. The molecule has 2 unspecified atom stereocenters. The van der Waals surface area contributed by atoms with Crippen LogP contribution in [-0.4, -0.2) is 156 Å². The van der Waals surface area contributed by atoms with Crippen LogP contribution in [0.25, 0.3) is 0 Å². The van der Waals surface area contributed by atoms with E-state index in [4.69, 9.17) is 23.7 Å². The molecule has 0 aromatic heterocycles. The van der Waals surface area contributed by atoms with Crippen LogP contribution < -0.4 is 0 Å². The van der Waals surface area contributed by atoms with Crippen LogP contribution in [0.2, 0.25) is 0 Å². The third-order valence-corrected chi connectivity index (χ3v) is 6.05. The largest absolute Gasteiger partial charge is 0.394 e. The summed E-state index contributed by atoms with van der Waals surface area (Å²) in [5.41, 5.74) is 0. The lowest BCUT2D eigenvalue weighted by molar-refractivity contribution is -0.377. The molecule has 0 aromatic rings. The number of ether oxygens (including phenoxy) is 5. The Morgan fingerprint density at radius 2 is 1.12 bits per heavy atom. The molecule has 3 rings (SSSR count). The van der Waals surface area contributed by atoms with Crippen LogP contribution >= 0.6 is 0 Å². The summed E-state index contributed by atoms with van der Waals surface area (Å²) < 4.78 is 26.6. The number of rotatable bonds is 6. The van der Waals surface area contributed by atoms with Gasteiger partial charge in [0, 0.05) is 0 Å². The monoisotopic (exact) mass is 488 g/mol. The minimum atomic E-state index is -1.84. The zero-order valence-corrected chi connectivity index (χ0v) is 17.6. The summed E-state index contributed by atoms with van der Waals surface area (Å²) in [6.45, 7) is -0.122. The van der Waals surface area contributed by atoms with Gasteiger partial charge in [-0.05, 0) is 6.92 Å². The molecular formula is C18H32O15. The smallest absolute Gasteiger partial charge is 0.187 e. The van der Waals surface area contributed by atoms with Crippen molar-refractivity contribution in [3.8, 4) is 0 Å². The normalized spacial score (nSPS) is 53.7. The van der Waals surface area contributed by atoms with Gasteiger partial charge in [0.1, 0.15) is 67.1 Å². The number of hydrogen-bond acceptors (Lipinski definition) is 15. The van der Waals surface area contributed by atoms with Gasteiger partial charge < -0.3 is 74.7 Å². The van der Waals surface area contributed by atoms with Gasteiger partial charge in [-0.1, -0.05) is 0 Å². The highest BCUT2D eigenvalue weighted by atomic mass is 16.7. The van der Waals surface area contributed by atoms with Crippen molar-refractivity contribution in [2.75, 3.05) is 13.2 Å². The fourth-order valence-corrected chi connectivity index (χ4v) is 4.00. The first kappa shape index (κ1) is 27.0. The third kappa shape index (κ3) is 5.32. The van der Waals surface area contributed by atoms with Gasteiger partial charge in [0.2, 0.25) is 0 Å². The molecule has 0 radical (unpaired) electrons. The highest BCUT2D eigenvalue weighted by Gasteiger charge is 2.53. The molecule has 15 heteroatoms. The highest BCUT2D eigenvalue weighted by Crippen LogP contribution is 2.32. The van der Waals surface area contributed by atoms with Crippen LogP contribution in [0.15, 0.2) is 0 Å². The molecule has 3 heterocycles. The van der Waals surface area contributed by atoms with Gasteiger partial charge in [-0.2, -0.15) is 0 Å². The van der Waals surface area contributed by atoms with Gasteiger partial charge in [-0.25, -0.2) is 0 Å². The number of aliphatic hydroxyl groups excluding tert-OH is 10. The van der Waals surface area contributed by atoms with Gasteiger partial charge >= 0.3 is 0 Å². The Morgan fingerprint density at radius 1 is 0.545 bits per heavy atom. The predicted octanol–water partition coefficient (Wildman–Crippen LogP) is -6.55. The summed E-state index contributed by atoms with van der Waals surface area (Å²) in [6.07, 6.45) is -23.9. The number of hydrogen-bond donors (Lipinski definition) is 10. The molecule has 3 aliphatic heterocycles. The van der Waals surface area contributed by atoms with Crippen LogP contribution in [0, 0.1) is 0 Å². The van der Waals surface area contributed by atoms with Gasteiger partial charge in [0.25, 0.3) is 0 Å². The predicted molar refractivity (Wildman–Crippen MR) is 99.8 cm³/mol. The van der Waals surface area contributed by atoms with E-state index in [-0.39, 0.29) is 0 Å². The van der Waals surface area contributed by atoms with Crippen LogP contribution in [0.3, 0.4) is 0 Å². The molecular weight excluding hydrogens is 456 g/mol. The zero-order valence-electron chi connectivity index (χ0n) is 17.6. The van der Waals surface area contributed by atoms with E-state index < -0.39 is 105 Å². The van der Waals surface area contributed by atoms with E-state index in [9.17, 15) is 51.1 Å². The van der Waals surface area contributed by atoms with E-state index in [2.05, 4.69) is 0 Å². The van der Waals surface area contributed by atoms with Crippen molar-refractivity contribution in [1.29, 1.82) is 0 Å². The van der Waals surface area contributed by atoms with Gasteiger partial charge in [0.15, 0.2) is 18.9 Å². The first-order valence-electron chi connectivity index (χ1n) is 10.4. The fraction of sp³-hybridized carbons (Fsp3) is 1.00. The SMILES string of the molecule is C[C@@H]1OC(O[C@H]2[C@@H](O)[C@@H](CO)O[C@@H](O[C@H]3[C@H](O)[C@@H](O)C(O)O[C@@H]3CO)[C@@H]2O)[C@@H](O)[C@H](O)[C@@H]1O. The minimum Gasteiger partial charge on any atom is -0.394 e. The second-order valence-electron chi connectivity index (χ2n) is 8.32. The Labute approximate surface area is 187 Å². The first-order chi connectivity index (χ1) is 15.5. The number of aliphatic hydroxyl groups is 10. The van der Waals surface area contributed by atoms with E-state index in [1.165, 1.54) is 6.92 Å². The van der Waals surface area contributed by atoms with Crippen LogP contribution in [0.4, 0.5) is 0 Å². The van der Waals surface area contributed by atoms with E-state index in [0.29, 0.717) is 0 Å². The molecule has 0 saturated carbocycles. The molecule has 0 aliphatic carbocycles. The standard InChI is InChI=1S/C18H32O15/c1-4-7(21)9(23)12(26)17(29-4)33-15-8(22)5(2-19)31-18(13(15)27)32-14-6(3-20)30-16(28)11(25)10(14)24/h4-28H,2-3H2,1H3/t4-,5+,6+,7+,8-,9+,10+,11+,12-,13+,14+,15-,16?,17?,18-/m0/s1. The van der Waals surface area contributed by atoms with E-state index in [0.717, 1.165) is 0 Å². The maximum Gasteiger partial charge on any atom is 0.187 e. The van der Waals surface area contributed by atoms with Gasteiger partial charge in [0.05, 0.1) is 19.3 Å². The maximum atomic E-state index is 10.7. The topological polar surface area (TPSA) is 248 Å². The lowest BCUT2D eigenvalue weighted by atomic mass is 9.96. The molecule has 0 spiro atoms. The van der Waals surface area contributed by atoms with Crippen molar-refractivity contribution in [2.24, 2.45) is 0 Å². The summed E-state index contributed by atoms with van der Waals surface area (Å²) in [7, 11) is 0. The Kier molecular flexibility index (Phi) is 8.99. The lowest BCUT2D eigenvalue weighted by Gasteiger charge is -2.47. The van der Waals surface area contributed by atoms with E-state index in [1.54, 1.807) is 0 Å². The van der Waals surface area contributed by atoms with E-state index >= 15 is 0 Å². The van der Waals surface area contributed by atoms with E-state index in [1.807, 2.05) is 0 Å². The van der Waals surface area contributed by atoms with Crippen molar-refractivity contribution in [1.82, 2.24) is 0 Å². The van der Waals surface area contributed by atoms with Gasteiger partial charge in [-0.3, -0.25) is 0 Å². The average Bonchev–Trinajstić information content (AvgIpc) is 2.79. The molecule has 33 heavy (non-hydrogen) atoms. The Hall–Kier alpha value is -0.600. The molecule has 15 nitrogen and oxygen atoms in total. The Balaban J connectivity index is 1.77. The van der Waals surface area contributed by atoms with Crippen LogP contribution in [-0.2, 0) is 23.7 Å². The third-order valence-electron chi connectivity index (χ3n) is 6.05. The molecule has 0 amide bonds. The summed E-state index contributed by atoms with van der Waals surface area (Å²) in [4.78, 5) is 0. The summed E-state index contributed by atoms with van der Waals surface area (Å²) in [6, 6.07) is 0. The summed E-state index contributed by atoms with van der Waals surface area (Å²) >= 11 is 0. The Bertz CT molecular complexity index is 624. The van der Waals surface area contributed by atoms with Crippen molar-refractivity contribution < 1.29 is 74.7 Å². The summed E-state index contributed by atoms with van der Waals surface area (Å²) in [5, 5.41) is 99.9. The molecule has 3 saturated heterocycles. The Morgan fingerprint density at radius 3 is 1.73 bits per heavy atom. The molecule has 0 aromatic carbocycles. The minimum absolute atomic E-state index is 0.749. The second-order valence-corrected chi connectivity index (χ2v) is 8.32. The van der Waals surface area contributed by atoms with Crippen molar-refractivity contribution >= 4 is 0 Å². The van der Waals surface area contributed by atoms with Crippen LogP contribution in [0.5, 0.6) is 0 Å². The molecule has 10 N–H and O–H groups in total. The first-order valence-corrected chi connectivity index (χ1v) is 10.4. The molecule has 0 bridgehead atoms. The molecule has 15 atom stereocenters. The quantitative estimate of drug-likeness (QED) is 0.167. The second kappa shape index (κ2) is 11.0. The zero-order chi connectivity index (χ0) is 24.6. The van der Waals surface area contributed by atoms with Crippen molar-refractivity contribution in [3.63, 3.8) is 0 Å². The summed E-state index contributed by atoms with van der Waals surface area (Å²) in [5.74, 6) is 0. The molecule has 3 fully saturated rings. The fourth-order valence-electron chi connectivity index (χ4n) is 4.00.